The van der Waals surface area contributed by atoms with E-state index in [0.717, 1.165) is 11.3 Å². The normalized spacial score (nSPS) is 11.9. The number of ketones is 1. The highest BCUT2D eigenvalue weighted by molar-refractivity contribution is 5.96. The van der Waals surface area contributed by atoms with Crippen molar-refractivity contribution in [3.63, 3.8) is 0 Å². The Morgan fingerprint density at radius 2 is 1.71 bits per heavy atom. The predicted octanol–water partition coefficient (Wildman–Crippen LogP) is 3.16. The van der Waals surface area contributed by atoms with E-state index in [2.05, 4.69) is 5.48 Å². The zero-order valence-electron chi connectivity index (χ0n) is 12.2. The smallest absolute Gasteiger partial charge is 0.164 e. The second-order valence-electron chi connectivity index (χ2n) is 4.64. The van der Waals surface area contributed by atoms with Gasteiger partial charge in [0.25, 0.3) is 0 Å². The zero-order chi connectivity index (χ0) is 15.1. The molecule has 2 aromatic carbocycles. The van der Waals surface area contributed by atoms with Crippen LogP contribution in [0.25, 0.3) is 0 Å². The Morgan fingerprint density at radius 1 is 1.05 bits per heavy atom. The number of carbonyl (C=O) groups excluding carboxylic acids is 1. The van der Waals surface area contributed by atoms with Gasteiger partial charge in [0.1, 0.15) is 5.75 Å². The van der Waals surface area contributed by atoms with Crippen molar-refractivity contribution in [1.82, 2.24) is 5.48 Å². The average Bonchev–Trinajstić information content (AvgIpc) is 2.55. The molecule has 0 radical (unpaired) electrons. The minimum atomic E-state index is -0.175. The van der Waals surface area contributed by atoms with Crippen LogP contribution in [0.4, 0.5) is 0 Å². The van der Waals surface area contributed by atoms with E-state index in [1.807, 2.05) is 30.3 Å². The predicted molar refractivity (Wildman–Crippen MR) is 81.3 cm³/mol. The molecule has 0 saturated carbocycles. The summed E-state index contributed by atoms with van der Waals surface area (Å²) in [5, 5.41) is 0. The summed E-state index contributed by atoms with van der Waals surface area (Å²) in [7, 11) is 3.15. The second-order valence-corrected chi connectivity index (χ2v) is 4.64. The third-order valence-corrected chi connectivity index (χ3v) is 3.26. The van der Waals surface area contributed by atoms with Crippen LogP contribution in [-0.2, 0) is 4.84 Å². The van der Waals surface area contributed by atoms with Crippen molar-refractivity contribution in [3.05, 3.63) is 65.7 Å². The summed E-state index contributed by atoms with van der Waals surface area (Å²) in [6.45, 7) is 0. The number of hydroxylamine groups is 1. The topological polar surface area (TPSA) is 47.6 Å². The van der Waals surface area contributed by atoms with E-state index in [-0.39, 0.29) is 11.8 Å². The number of Topliss-reactive ketones (excluding diaryl/α,β-unsaturated/α-hetero) is 1. The van der Waals surface area contributed by atoms with E-state index in [1.165, 1.54) is 0 Å². The molecule has 0 aliphatic heterocycles. The number of benzene rings is 2. The van der Waals surface area contributed by atoms with Gasteiger partial charge >= 0.3 is 0 Å². The van der Waals surface area contributed by atoms with Gasteiger partial charge in [-0.15, -0.1) is 0 Å². The summed E-state index contributed by atoms with van der Waals surface area (Å²) in [6, 6.07) is 16.7. The molecule has 0 amide bonds. The van der Waals surface area contributed by atoms with E-state index in [1.54, 1.807) is 38.5 Å². The van der Waals surface area contributed by atoms with Crippen molar-refractivity contribution in [2.24, 2.45) is 0 Å². The molecule has 1 atom stereocenters. The summed E-state index contributed by atoms with van der Waals surface area (Å²) in [6.07, 6.45) is 0.324. The molecule has 0 aliphatic rings. The number of methoxy groups -OCH3 is 1. The van der Waals surface area contributed by atoms with Crippen LogP contribution in [0.5, 0.6) is 5.75 Å². The molecule has 0 aromatic heterocycles. The maximum absolute atomic E-state index is 12.4. The summed E-state index contributed by atoms with van der Waals surface area (Å²) >= 11 is 0. The Balaban J connectivity index is 2.10. The first-order valence-electron chi connectivity index (χ1n) is 6.75. The molecule has 0 fully saturated rings. The maximum Gasteiger partial charge on any atom is 0.164 e. The van der Waals surface area contributed by atoms with E-state index >= 15 is 0 Å². The fourth-order valence-electron chi connectivity index (χ4n) is 2.14. The van der Waals surface area contributed by atoms with Gasteiger partial charge in [-0.2, -0.15) is 5.48 Å². The van der Waals surface area contributed by atoms with Gasteiger partial charge in [-0.25, -0.2) is 0 Å². The minimum Gasteiger partial charge on any atom is -0.497 e. The van der Waals surface area contributed by atoms with Crippen molar-refractivity contribution in [2.45, 2.75) is 12.5 Å². The lowest BCUT2D eigenvalue weighted by Crippen LogP contribution is -2.23. The van der Waals surface area contributed by atoms with Gasteiger partial charge in [-0.05, 0) is 29.8 Å². The summed E-state index contributed by atoms with van der Waals surface area (Å²) in [5.41, 5.74) is 4.55. The number of nitrogens with one attached hydrogen (secondary N) is 1. The van der Waals surface area contributed by atoms with Gasteiger partial charge in [-0.1, -0.05) is 30.3 Å². The second kappa shape index (κ2) is 7.57. The third-order valence-electron chi connectivity index (χ3n) is 3.26. The van der Waals surface area contributed by atoms with Crippen molar-refractivity contribution in [2.75, 3.05) is 14.2 Å². The van der Waals surface area contributed by atoms with Crippen LogP contribution in [0, 0.1) is 0 Å². The minimum absolute atomic E-state index is 0.0519. The lowest BCUT2D eigenvalue weighted by molar-refractivity contribution is 0.0545. The molecule has 0 unspecified atom stereocenters. The number of ether oxygens (including phenoxy) is 1. The number of hydrogen-bond acceptors (Lipinski definition) is 4. The Morgan fingerprint density at radius 3 is 2.29 bits per heavy atom. The molecule has 0 heterocycles. The van der Waals surface area contributed by atoms with Gasteiger partial charge < -0.3 is 9.57 Å². The van der Waals surface area contributed by atoms with E-state index in [4.69, 9.17) is 9.57 Å². The first-order valence-corrected chi connectivity index (χ1v) is 6.75. The highest BCUT2D eigenvalue weighted by atomic mass is 16.6. The fraction of sp³-hybridized carbons (Fsp3) is 0.235. The molecular weight excluding hydrogens is 266 g/mol. The molecule has 1 N–H and O–H groups in total. The number of hydrogen-bond donors (Lipinski definition) is 1. The highest BCUT2D eigenvalue weighted by Gasteiger charge is 2.17. The molecule has 4 nitrogen and oxygen atoms in total. The van der Waals surface area contributed by atoms with Crippen LogP contribution >= 0.6 is 0 Å². The van der Waals surface area contributed by atoms with Gasteiger partial charge in [-0.3, -0.25) is 4.79 Å². The lowest BCUT2D eigenvalue weighted by atomic mass is 9.98. The molecular formula is C17H19NO3. The molecule has 0 saturated heterocycles. The Kier molecular flexibility index (Phi) is 5.49. The molecule has 2 aromatic rings. The molecule has 21 heavy (non-hydrogen) atoms. The van der Waals surface area contributed by atoms with Gasteiger partial charge in [0, 0.05) is 12.0 Å². The quantitative estimate of drug-likeness (QED) is 0.627. The Hall–Kier alpha value is -2.17. The Bertz CT molecular complexity index is 566. The SMILES string of the molecule is CON[C@@H](CC(=O)c1ccc(OC)cc1)c1ccccc1. The first kappa shape index (κ1) is 15.2. The maximum atomic E-state index is 12.4. The number of carbonyl (C=O) groups is 1. The zero-order valence-corrected chi connectivity index (χ0v) is 12.2. The van der Waals surface area contributed by atoms with Crippen molar-refractivity contribution >= 4 is 5.78 Å². The van der Waals surface area contributed by atoms with E-state index < -0.39 is 0 Å². The molecule has 110 valence electrons. The van der Waals surface area contributed by atoms with Crippen LogP contribution in [0.15, 0.2) is 54.6 Å². The molecule has 4 heteroatoms. The molecule has 0 bridgehead atoms. The number of rotatable bonds is 7. The van der Waals surface area contributed by atoms with Crippen LogP contribution in [0.2, 0.25) is 0 Å². The first-order chi connectivity index (χ1) is 10.2. The average molecular weight is 285 g/mol. The summed E-state index contributed by atoms with van der Waals surface area (Å²) in [4.78, 5) is 17.4. The van der Waals surface area contributed by atoms with Crippen LogP contribution in [0.3, 0.4) is 0 Å². The van der Waals surface area contributed by atoms with Crippen molar-refractivity contribution < 1.29 is 14.4 Å². The van der Waals surface area contributed by atoms with Crippen molar-refractivity contribution in [3.8, 4) is 5.75 Å². The Labute approximate surface area is 124 Å². The highest BCUT2D eigenvalue weighted by Crippen LogP contribution is 2.20. The lowest BCUT2D eigenvalue weighted by Gasteiger charge is -2.17. The largest absolute Gasteiger partial charge is 0.497 e. The van der Waals surface area contributed by atoms with Crippen LogP contribution in [-0.4, -0.2) is 20.0 Å². The fourth-order valence-corrected chi connectivity index (χ4v) is 2.14. The summed E-state index contributed by atoms with van der Waals surface area (Å²) in [5.74, 6) is 0.789. The van der Waals surface area contributed by atoms with Gasteiger partial charge in [0.05, 0.1) is 20.3 Å². The van der Waals surface area contributed by atoms with E-state index in [0.29, 0.717) is 12.0 Å². The third kappa shape index (κ3) is 4.15. The van der Waals surface area contributed by atoms with Crippen LogP contribution < -0.4 is 10.2 Å². The van der Waals surface area contributed by atoms with Gasteiger partial charge in [0.15, 0.2) is 5.78 Å². The van der Waals surface area contributed by atoms with Crippen molar-refractivity contribution in [1.29, 1.82) is 0 Å². The van der Waals surface area contributed by atoms with Gasteiger partial charge in [0.2, 0.25) is 0 Å². The molecule has 0 aliphatic carbocycles. The summed E-state index contributed by atoms with van der Waals surface area (Å²) < 4.78 is 5.09. The molecule has 0 spiro atoms. The molecule has 2 rings (SSSR count). The van der Waals surface area contributed by atoms with Crippen LogP contribution in [0.1, 0.15) is 28.4 Å². The standard InChI is InChI=1S/C17H19NO3/c1-20-15-10-8-14(9-11-15)17(19)12-16(18-21-2)13-6-4-3-5-7-13/h3-11,16,18H,12H2,1-2H3/t16-/m0/s1. The van der Waals surface area contributed by atoms with E-state index in [9.17, 15) is 4.79 Å². The monoisotopic (exact) mass is 285 g/mol.